The van der Waals surface area contributed by atoms with E-state index in [1.807, 2.05) is 13.1 Å². The van der Waals surface area contributed by atoms with Gasteiger partial charge in [0.25, 0.3) is 0 Å². The van der Waals surface area contributed by atoms with Crippen molar-refractivity contribution in [2.24, 2.45) is 7.05 Å². The number of nitrogens with two attached hydrogens (primary N) is 1. The topological polar surface area (TPSA) is 72.9 Å². The molecule has 1 aliphatic carbocycles. The van der Waals surface area contributed by atoms with E-state index in [2.05, 4.69) is 21.9 Å². The Balaban J connectivity index is 1.68. The molecule has 0 amide bonds. The summed E-state index contributed by atoms with van der Waals surface area (Å²) in [6.07, 6.45) is 2.25. The van der Waals surface area contributed by atoms with Gasteiger partial charge in [0, 0.05) is 24.1 Å². The lowest BCUT2D eigenvalue weighted by Crippen LogP contribution is -2.20. The third-order valence-corrected chi connectivity index (χ3v) is 4.71. The molecular formula is C14H17ClN6. The average Bonchev–Trinajstić information content (AvgIpc) is 2.97. The summed E-state index contributed by atoms with van der Waals surface area (Å²) in [6, 6.07) is 1.82. The molecule has 0 unspecified atom stereocenters. The van der Waals surface area contributed by atoms with E-state index >= 15 is 0 Å². The van der Waals surface area contributed by atoms with Crippen molar-refractivity contribution in [1.82, 2.24) is 19.7 Å². The van der Waals surface area contributed by atoms with Crippen LogP contribution in [0.5, 0.6) is 0 Å². The number of hydrogen-bond acceptors (Lipinski definition) is 5. The second-order valence-corrected chi connectivity index (χ2v) is 6.61. The molecule has 0 atom stereocenters. The molecule has 0 saturated heterocycles. The minimum Gasteiger partial charge on any atom is -0.384 e. The summed E-state index contributed by atoms with van der Waals surface area (Å²) in [4.78, 5) is 11.3. The molecule has 0 aromatic carbocycles. The molecule has 1 fully saturated rings. The second-order valence-electron chi connectivity index (χ2n) is 6.22. The predicted octanol–water partition coefficient (Wildman–Crippen LogP) is 2.02. The molecule has 2 aliphatic rings. The summed E-state index contributed by atoms with van der Waals surface area (Å²) in [7, 11) is 1.87. The van der Waals surface area contributed by atoms with Gasteiger partial charge in [-0.3, -0.25) is 4.68 Å². The van der Waals surface area contributed by atoms with Crippen LogP contribution in [-0.2, 0) is 25.6 Å². The van der Waals surface area contributed by atoms with Crippen molar-refractivity contribution in [3.05, 3.63) is 28.3 Å². The third kappa shape index (κ3) is 1.97. The fourth-order valence-corrected chi connectivity index (χ4v) is 2.95. The van der Waals surface area contributed by atoms with Crippen LogP contribution in [0.15, 0.2) is 6.07 Å². The summed E-state index contributed by atoms with van der Waals surface area (Å²) in [6.45, 7) is 3.61. The smallest absolute Gasteiger partial charge is 0.138 e. The standard InChI is InChI=1S/C14H17ClN6/c1-14(3-4-14)13-17-10(15)5-11(18-13)21-6-8-9(7-21)19-20(2)12(8)16/h5H,3-4,6-7,16H2,1-2H3. The van der Waals surface area contributed by atoms with E-state index in [0.717, 1.165) is 48.1 Å². The molecule has 1 saturated carbocycles. The highest BCUT2D eigenvalue weighted by atomic mass is 35.5. The SMILES string of the molecule is Cn1nc2c(c1N)CN(c1cc(Cl)nc(C3(C)CC3)n1)C2. The largest absolute Gasteiger partial charge is 0.384 e. The Labute approximate surface area is 127 Å². The molecule has 21 heavy (non-hydrogen) atoms. The molecular weight excluding hydrogens is 288 g/mol. The molecule has 110 valence electrons. The zero-order chi connectivity index (χ0) is 14.8. The maximum Gasteiger partial charge on any atom is 0.138 e. The number of rotatable bonds is 2. The lowest BCUT2D eigenvalue weighted by Gasteiger charge is -2.19. The molecule has 2 aromatic heterocycles. The molecule has 7 heteroatoms. The first-order valence-corrected chi connectivity index (χ1v) is 7.44. The highest BCUT2D eigenvalue weighted by Gasteiger charge is 2.42. The van der Waals surface area contributed by atoms with Crippen molar-refractivity contribution in [2.45, 2.75) is 38.3 Å². The van der Waals surface area contributed by atoms with Gasteiger partial charge in [0.15, 0.2) is 0 Å². The van der Waals surface area contributed by atoms with Crippen LogP contribution in [-0.4, -0.2) is 19.7 Å². The first kappa shape index (κ1) is 12.9. The normalized spacial score (nSPS) is 18.9. The number of nitrogen functional groups attached to an aromatic ring is 1. The van der Waals surface area contributed by atoms with Gasteiger partial charge in [-0.1, -0.05) is 18.5 Å². The van der Waals surface area contributed by atoms with E-state index in [9.17, 15) is 0 Å². The first-order chi connectivity index (χ1) is 9.96. The summed E-state index contributed by atoms with van der Waals surface area (Å²) >= 11 is 6.18. The van der Waals surface area contributed by atoms with Crippen LogP contribution in [0.4, 0.5) is 11.6 Å². The molecule has 6 nitrogen and oxygen atoms in total. The molecule has 2 aromatic rings. The van der Waals surface area contributed by atoms with Gasteiger partial charge in [-0.25, -0.2) is 9.97 Å². The predicted molar refractivity (Wildman–Crippen MR) is 81.1 cm³/mol. The van der Waals surface area contributed by atoms with E-state index in [1.54, 1.807) is 4.68 Å². The van der Waals surface area contributed by atoms with Crippen LogP contribution in [0, 0.1) is 0 Å². The van der Waals surface area contributed by atoms with Crippen LogP contribution >= 0.6 is 11.6 Å². The Hall–Kier alpha value is -1.82. The van der Waals surface area contributed by atoms with Gasteiger partial charge in [0.1, 0.15) is 22.6 Å². The lowest BCUT2D eigenvalue weighted by atomic mass is 10.1. The minimum absolute atomic E-state index is 0.102. The van der Waals surface area contributed by atoms with Gasteiger partial charge in [-0.05, 0) is 12.8 Å². The van der Waals surface area contributed by atoms with Crippen molar-refractivity contribution in [3.63, 3.8) is 0 Å². The van der Waals surface area contributed by atoms with Gasteiger partial charge in [0.2, 0.25) is 0 Å². The Morgan fingerprint density at radius 2 is 2.05 bits per heavy atom. The average molecular weight is 305 g/mol. The van der Waals surface area contributed by atoms with Crippen molar-refractivity contribution < 1.29 is 0 Å². The van der Waals surface area contributed by atoms with Gasteiger partial charge in [-0.15, -0.1) is 0 Å². The number of aryl methyl sites for hydroxylation is 1. The third-order valence-electron chi connectivity index (χ3n) is 4.51. The van der Waals surface area contributed by atoms with Crippen LogP contribution in [0.25, 0.3) is 0 Å². The maximum absolute atomic E-state index is 6.18. The zero-order valence-corrected chi connectivity index (χ0v) is 12.9. The number of hydrogen-bond donors (Lipinski definition) is 1. The fraction of sp³-hybridized carbons (Fsp3) is 0.500. The van der Waals surface area contributed by atoms with Crippen LogP contribution in [0.3, 0.4) is 0 Å². The zero-order valence-electron chi connectivity index (χ0n) is 12.1. The summed E-state index contributed by atoms with van der Waals surface area (Å²) in [5.41, 5.74) is 8.26. The van der Waals surface area contributed by atoms with Gasteiger partial charge >= 0.3 is 0 Å². The minimum atomic E-state index is 0.102. The number of nitrogens with zero attached hydrogens (tertiary/aromatic N) is 5. The highest BCUT2D eigenvalue weighted by molar-refractivity contribution is 6.29. The van der Waals surface area contributed by atoms with Gasteiger partial charge in [-0.2, -0.15) is 5.10 Å². The van der Waals surface area contributed by atoms with Crippen molar-refractivity contribution in [2.75, 3.05) is 10.6 Å². The second kappa shape index (κ2) is 4.10. The van der Waals surface area contributed by atoms with E-state index in [1.165, 1.54) is 0 Å². The quantitative estimate of drug-likeness (QED) is 0.859. The van der Waals surface area contributed by atoms with E-state index in [0.29, 0.717) is 11.7 Å². The molecule has 1 aliphatic heterocycles. The molecule has 2 N–H and O–H groups in total. The summed E-state index contributed by atoms with van der Waals surface area (Å²) in [5.74, 6) is 2.43. The maximum atomic E-state index is 6.18. The monoisotopic (exact) mass is 304 g/mol. The van der Waals surface area contributed by atoms with E-state index in [4.69, 9.17) is 22.3 Å². The number of aromatic nitrogens is 4. The fourth-order valence-electron chi connectivity index (χ4n) is 2.78. The molecule has 0 bridgehead atoms. The van der Waals surface area contributed by atoms with Crippen LogP contribution < -0.4 is 10.6 Å². The van der Waals surface area contributed by atoms with Crippen molar-refractivity contribution in [1.29, 1.82) is 0 Å². The summed E-state index contributed by atoms with van der Waals surface area (Å²) < 4.78 is 1.73. The van der Waals surface area contributed by atoms with Crippen LogP contribution in [0.2, 0.25) is 5.15 Å². The first-order valence-electron chi connectivity index (χ1n) is 7.06. The Bertz CT molecular complexity index is 733. The van der Waals surface area contributed by atoms with E-state index in [-0.39, 0.29) is 5.41 Å². The van der Waals surface area contributed by atoms with Crippen molar-refractivity contribution in [3.8, 4) is 0 Å². The number of anilines is 2. The van der Waals surface area contributed by atoms with E-state index < -0.39 is 0 Å². The lowest BCUT2D eigenvalue weighted by molar-refractivity contribution is 0.694. The molecule has 3 heterocycles. The highest BCUT2D eigenvalue weighted by Crippen LogP contribution is 2.46. The summed E-state index contributed by atoms with van der Waals surface area (Å²) in [5, 5.41) is 4.95. The van der Waals surface area contributed by atoms with Gasteiger partial charge in [0.05, 0.1) is 18.8 Å². The molecule has 0 spiro atoms. The number of halogens is 1. The van der Waals surface area contributed by atoms with Crippen molar-refractivity contribution >= 4 is 23.2 Å². The molecule has 0 radical (unpaired) electrons. The molecule has 4 rings (SSSR count). The van der Waals surface area contributed by atoms with Gasteiger partial charge < -0.3 is 10.6 Å². The number of fused-ring (bicyclic) bond motifs is 1. The Kier molecular flexibility index (Phi) is 2.52. The van der Waals surface area contributed by atoms with Crippen LogP contribution in [0.1, 0.15) is 36.8 Å². The Morgan fingerprint density at radius 3 is 2.71 bits per heavy atom. The Morgan fingerprint density at radius 1 is 1.29 bits per heavy atom.